The van der Waals surface area contributed by atoms with E-state index in [1.54, 1.807) is 19.1 Å². The van der Waals surface area contributed by atoms with Gasteiger partial charge in [-0.15, -0.1) is 0 Å². The number of amides is 1. The minimum Gasteiger partial charge on any atom is -0.508 e. The standard InChI is InChI=1S/C16H19NO4/c1-8-11(3-2-4-12(8)18)15(19)17-14-10-6-5-9(7-10)13(14)16(20)21/h2-4,9-10,13-14,18H,5-7H2,1H3,(H,17,19)(H,20,21). The third-order valence-electron chi connectivity index (χ3n) is 5.05. The highest BCUT2D eigenvalue weighted by atomic mass is 16.4. The lowest BCUT2D eigenvalue weighted by Gasteiger charge is -2.29. The molecule has 2 fully saturated rings. The molecule has 0 aliphatic heterocycles. The third-order valence-corrected chi connectivity index (χ3v) is 5.05. The Morgan fingerprint density at radius 3 is 2.67 bits per heavy atom. The van der Waals surface area contributed by atoms with Crippen LogP contribution in [-0.2, 0) is 4.79 Å². The average Bonchev–Trinajstić information content (AvgIpc) is 3.02. The van der Waals surface area contributed by atoms with Gasteiger partial charge in [-0.1, -0.05) is 6.07 Å². The van der Waals surface area contributed by atoms with Crippen LogP contribution in [-0.4, -0.2) is 28.1 Å². The summed E-state index contributed by atoms with van der Waals surface area (Å²) in [6, 6.07) is 4.50. The number of hydrogen-bond acceptors (Lipinski definition) is 3. The van der Waals surface area contributed by atoms with Crippen LogP contribution < -0.4 is 5.32 Å². The Kier molecular flexibility index (Phi) is 3.35. The number of carboxylic acid groups (broad SMARTS) is 1. The van der Waals surface area contributed by atoms with Crippen molar-refractivity contribution < 1.29 is 19.8 Å². The lowest BCUT2D eigenvalue weighted by atomic mass is 9.84. The zero-order valence-electron chi connectivity index (χ0n) is 11.9. The lowest BCUT2D eigenvalue weighted by Crippen LogP contribution is -2.46. The summed E-state index contributed by atoms with van der Waals surface area (Å²) in [5.74, 6) is -1.08. The van der Waals surface area contributed by atoms with Gasteiger partial charge in [-0.3, -0.25) is 9.59 Å². The first-order chi connectivity index (χ1) is 9.99. The van der Waals surface area contributed by atoms with Crippen molar-refractivity contribution in [1.29, 1.82) is 0 Å². The van der Waals surface area contributed by atoms with E-state index >= 15 is 0 Å². The minimum absolute atomic E-state index is 0.0744. The maximum atomic E-state index is 12.4. The van der Waals surface area contributed by atoms with Crippen LogP contribution in [0.15, 0.2) is 18.2 Å². The van der Waals surface area contributed by atoms with Crippen LogP contribution in [0.2, 0.25) is 0 Å². The highest BCUT2D eigenvalue weighted by Crippen LogP contribution is 2.48. The van der Waals surface area contributed by atoms with E-state index < -0.39 is 11.9 Å². The van der Waals surface area contributed by atoms with Gasteiger partial charge in [-0.05, 0) is 50.2 Å². The van der Waals surface area contributed by atoms with E-state index in [0.717, 1.165) is 19.3 Å². The summed E-state index contributed by atoms with van der Waals surface area (Å²) in [5, 5.41) is 22.0. The highest BCUT2D eigenvalue weighted by molar-refractivity contribution is 5.96. The molecule has 1 aromatic carbocycles. The molecule has 0 heterocycles. The number of fused-ring (bicyclic) bond motifs is 2. The molecule has 5 heteroatoms. The molecule has 5 nitrogen and oxygen atoms in total. The Morgan fingerprint density at radius 2 is 1.95 bits per heavy atom. The van der Waals surface area contributed by atoms with Gasteiger partial charge >= 0.3 is 5.97 Å². The molecule has 1 amide bonds. The van der Waals surface area contributed by atoms with E-state index in [2.05, 4.69) is 5.32 Å². The molecule has 2 saturated carbocycles. The predicted octanol–water partition coefficient (Wildman–Crippen LogP) is 1.93. The lowest BCUT2D eigenvalue weighted by molar-refractivity contribution is -0.144. The van der Waals surface area contributed by atoms with Crippen molar-refractivity contribution in [3.05, 3.63) is 29.3 Å². The topological polar surface area (TPSA) is 86.6 Å². The number of aromatic hydroxyl groups is 1. The second-order valence-electron chi connectivity index (χ2n) is 6.15. The van der Waals surface area contributed by atoms with Gasteiger partial charge in [0.15, 0.2) is 0 Å². The molecule has 4 unspecified atom stereocenters. The molecule has 3 N–H and O–H groups in total. The number of hydrogen-bond donors (Lipinski definition) is 3. The highest BCUT2D eigenvalue weighted by Gasteiger charge is 2.51. The Balaban J connectivity index is 1.81. The maximum absolute atomic E-state index is 12.4. The van der Waals surface area contributed by atoms with E-state index in [1.165, 1.54) is 6.07 Å². The first kappa shape index (κ1) is 13.9. The molecule has 3 rings (SSSR count). The van der Waals surface area contributed by atoms with Crippen molar-refractivity contribution >= 4 is 11.9 Å². The Hall–Kier alpha value is -2.04. The zero-order valence-corrected chi connectivity index (χ0v) is 11.9. The Bertz CT molecular complexity index is 598. The molecule has 0 radical (unpaired) electrons. The van der Waals surface area contributed by atoms with Crippen LogP contribution in [0.25, 0.3) is 0 Å². The molecule has 4 atom stereocenters. The Morgan fingerprint density at radius 1 is 1.24 bits per heavy atom. The average molecular weight is 289 g/mol. The SMILES string of the molecule is Cc1c(O)cccc1C(=O)NC1C2CCC(C2)C1C(=O)O. The number of nitrogens with one attached hydrogen (secondary N) is 1. The van der Waals surface area contributed by atoms with E-state index in [-0.39, 0.29) is 29.5 Å². The van der Waals surface area contributed by atoms with Crippen molar-refractivity contribution in [2.45, 2.75) is 32.2 Å². The van der Waals surface area contributed by atoms with Gasteiger partial charge in [-0.2, -0.15) is 0 Å². The summed E-state index contributed by atoms with van der Waals surface area (Å²) in [4.78, 5) is 23.9. The molecule has 2 aliphatic carbocycles. The summed E-state index contributed by atoms with van der Waals surface area (Å²) < 4.78 is 0. The van der Waals surface area contributed by atoms with Crippen molar-refractivity contribution in [3.8, 4) is 5.75 Å². The summed E-state index contributed by atoms with van der Waals surface area (Å²) in [6.45, 7) is 1.68. The molecular formula is C16H19NO4. The van der Waals surface area contributed by atoms with Crippen LogP contribution >= 0.6 is 0 Å². The van der Waals surface area contributed by atoms with Gasteiger partial charge in [0.2, 0.25) is 0 Å². The number of aliphatic carboxylic acids is 1. The molecule has 2 bridgehead atoms. The Labute approximate surface area is 123 Å². The first-order valence-corrected chi connectivity index (χ1v) is 7.31. The minimum atomic E-state index is -0.819. The van der Waals surface area contributed by atoms with Gasteiger partial charge in [0, 0.05) is 17.2 Å². The zero-order chi connectivity index (χ0) is 15.1. The fourth-order valence-corrected chi connectivity index (χ4v) is 3.95. The second kappa shape index (κ2) is 5.06. The molecule has 21 heavy (non-hydrogen) atoms. The van der Waals surface area contributed by atoms with Crippen LogP contribution in [0, 0.1) is 24.7 Å². The third kappa shape index (κ3) is 2.26. The number of carboxylic acids is 1. The largest absolute Gasteiger partial charge is 0.508 e. The fourth-order valence-electron chi connectivity index (χ4n) is 3.95. The first-order valence-electron chi connectivity index (χ1n) is 7.31. The van der Waals surface area contributed by atoms with Crippen molar-refractivity contribution in [3.63, 3.8) is 0 Å². The molecule has 2 aliphatic rings. The number of benzene rings is 1. The summed E-state index contributed by atoms with van der Waals surface area (Å²) in [7, 11) is 0. The van der Waals surface area contributed by atoms with Crippen molar-refractivity contribution in [2.24, 2.45) is 17.8 Å². The predicted molar refractivity (Wildman–Crippen MR) is 76.1 cm³/mol. The second-order valence-corrected chi connectivity index (χ2v) is 6.15. The molecule has 0 aromatic heterocycles. The fraction of sp³-hybridized carbons (Fsp3) is 0.500. The van der Waals surface area contributed by atoms with Gasteiger partial charge < -0.3 is 15.5 Å². The number of phenols is 1. The van der Waals surface area contributed by atoms with E-state index in [1.807, 2.05) is 0 Å². The van der Waals surface area contributed by atoms with Crippen LogP contribution in [0.3, 0.4) is 0 Å². The van der Waals surface area contributed by atoms with E-state index in [9.17, 15) is 19.8 Å². The molecule has 112 valence electrons. The molecule has 0 spiro atoms. The van der Waals surface area contributed by atoms with Crippen molar-refractivity contribution in [2.75, 3.05) is 0 Å². The summed E-state index contributed by atoms with van der Waals surface area (Å²) in [6.07, 6.45) is 2.82. The monoisotopic (exact) mass is 289 g/mol. The van der Waals surface area contributed by atoms with Crippen molar-refractivity contribution in [1.82, 2.24) is 5.32 Å². The normalized spacial score (nSPS) is 30.3. The summed E-state index contributed by atoms with van der Waals surface area (Å²) >= 11 is 0. The van der Waals surface area contributed by atoms with E-state index in [0.29, 0.717) is 11.1 Å². The van der Waals surface area contributed by atoms with Gasteiger partial charge in [-0.25, -0.2) is 0 Å². The molecule has 1 aromatic rings. The van der Waals surface area contributed by atoms with Gasteiger partial charge in [0.1, 0.15) is 5.75 Å². The van der Waals surface area contributed by atoms with Crippen LogP contribution in [0.1, 0.15) is 35.2 Å². The quantitative estimate of drug-likeness (QED) is 0.793. The van der Waals surface area contributed by atoms with Crippen LogP contribution in [0.5, 0.6) is 5.75 Å². The molecule has 0 saturated heterocycles. The smallest absolute Gasteiger partial charge is 0.308 e. The number of carbonyl (C=O) groups excluding carboxylic acids is 1. The maximum Gasteiger partial charge on any atom is 0.308 e. The summed E-state index contributed by atoms with van der Waals surface area (Å²) in [5.41, 5.74) is 0.923. The van der Waals surface area contributed by atoms with Crippen LogP contribution in [0.4, 0.5) is 0 Å². The number of phenolic OH excluding ortho intramolecular Hbond substituents is 1. The molecular weight excluding hydrogens is 270 g/mol. The van der Waals surface area contributed by atoms with Gasteiger partial charge in [0.05, 0.1) is 5.92 Å². The van der Waals surface area contributed by atoms with E-state index in [4.69, 9.17) is 0 Å². The van der Waals surface area contributed by atoms with Gasteiger partial charge in [0.25, 0.3) is 5.91 Å². The number of carbonyl (C=O) groups is 2. The number of rotatable bonds is 3.